The lowest BCUT2D eigenvalue weighted by Gasteiger charge is -2.21. The molecular formula is C26H27N3O3S2. The largest absolute Gasteiger partial charge is 0.494 e. The van der Waals surface area contributed by atoms with Gasteiger partial charge in [-0.2, -0.15) is 5.26 Å². The number of thiophene rings is 1. The number of nitriles is 1. The van der Waals surface area contributed by atoms with Gasteiger partial charge in [0.25, 0.3) is 0 Å². The Hall–Kier alpha value is -3.02. The van der Waals surface area contributed by atoms with E-state index in [1.165, 1.54) is 17.3 Å². The minimum Gasteiger partial charge on any atom is -0.494 e. The number of carbonyl (C=O) groups excluding carboxylic acids is 1. The number of hydrogen-bond acceptors (Lipinski definition) is 7. The molecule has 1 N–H and O–H groups in total. The Morgan fingerprint density at radius 3 is 2.76 bits per heavy atom. The zero-order valence-corrected chi connectivity index (χ0v) is 21.0. The summed E-state index contributed by atoms with van der Waals surface area (Å²) in [5, 5.41) is 15.6. The fourth-order valence-corrected chi connectivity index (χ4v) is 5.69. The lowest BCUT2D eigenvalue weighted by molar-refractivity contribution is -0.113. The smallest absolute Gasteiger partial charge is 0.234 e. The molecule has 0 saturated carbocycles. The molecule has 0 spiro atoms. The SMILES string of the molecule is CCOc1ccc(OCC)c(NC(=O)CSc2nc3c(c(-c4cccs4)c2C#N)CCCC3)c1. The number of nitrogens with one attached hydrogen (secondary N) is 1. The number of thioether (sulfide) groups is 1. The predicted molar refractivity (Wildman–Crippen MR) is 137 cm³/mol. The Labute approximate surface area is 208 Å². The number of pyridine rings is 1. The molecule has 1 aliphatic rings. The minimum atomic E-state index is -0.194. The quantitative estimate of drug-likeness (QED) is 0.363. The number of aryl methyl sites for hydroxylation is 1. The van der Waals surface area contributed by atoms with Gasteiger partial charge in [-0.15, -0.1) is 11.3 Å². The van der Waals surface area contributed by atoms with E-state index in [1.54, 1.807) is 23.5 Å². The van der Waals surface area contributed by atoms with Crippen molar-refractivity contribution in [3.05, 3.63) is 52.5 Å². The van der Waals surface area contributed by atoms with Crippen molar-refractivity contribution < 1.29 is 14.3 Å². The van der Waals surface area contributed by atoms with Gasteiger partial charge in [-0.3, -0.25) is 4.79 Å². The molecule has 0 saturated heterocycles. The molecule has 176 valence electrons. The molecule has 4 rings (SSSR count). The van der Waals surface area contributed by atoms with Crippen molar-refractivity contribution in [1.29, 1.82) is 5.26 Å². The molecule has 0 aliphatic heterocycles. The van der Waals surface area contributed by atoms with Crippen LogP contribution in [0.25, 0.3) is 10.4 Å². The molecule has 0 atom stereocenters. The van der Waals surface area contributed by atoms with E-state index in [0.29, 0.717) is 41.0 Å². The molecule has 8 heteroatoms. The number of fused-ring (bicyclic) bond motifs is 1. The van der Waals surface area contributed by atoms with Crippen molar-refractivity contribution in [3.8, 4) is 28.0 Å². The lowest BCUT2D eigenvalue weighted by Crippen LogP contribution is -2.16. The van der Waals surface area contributed by atoms with E-state index in [1.807, 2.05) is 31.4 Å². The second-order valence-electron chi connectivity index (χ2n) is 7.75. The zero-order valence-electron chi connectivity index (χ0n) is 19.3. The fourth-order valence-electron chi connectivity index (χ4n) is 4.08. The Kier molecular flexibility index (Phi) is 8.09. The maximum Gasteiger partial charge on any atom is 0.234 e. The summed E-state index contributed by atoms with van der Waals surface area (Å²) in [7, 11) is 0. The van der Waals surface area contributed by atoms with Crippen LogP contribution in [0.2, 0.25) is 0 Å². The number of aromatic nitrogens is 1. The van der Waals surface area contributed by atoms with E-state index in [-0.39, 0.29) is 11.7 Å². The van der Waals surface area contributed by atoms with Gasteiger partial charge >= 0.3 is 0 Å². The van der Waals surface area contributed by atoms with Crippen LogP contribution in [0.15, 0.2) is 40.7 Å². The molecule has 2 aromatic heterocycles. The molecule has 0 unspecified atom stereocenters. The number of benzene rings is 1. The van der Waals surface area contributed by atoms with Gasteiger partial charge in [0.2, 0.25) is 5.91 Å². The van der Waals surface area contributed by atoms with E-state index in [9.17, 15) is 10.1 Å². The summed E-state index contributed by atoms with van der Waals surface area (Å²) in [6.45, 7) is 4.83. The number of anilines is 1. The van der Waals surface area contributed by atoms with Gasteiger partial charge < -0.3 is 14.8 Å². The highest BCUT2D eigenvalue weighted by Gasteiger charge is 2.24. The first-order valence-electron chi connectivity index (χ1n) is 11.5. The first-order chi connectivity index (χ1) is 16.6. The maximum absolute atomic E-state index is 12.9. The molecule has 3 aromatic rings. The highest BCUT2D eigenvalue weighted by atomic mass is 32.2. The Morgan fingerprint density at radius 1 is 1.21 bits per heavy atom. The third kappa shape index (κ3) is 5.37. The third-order valence-corrected chi connectivity index (χ3v) is 7.36. The van der Waals surface area contributed by atoms with Crippen molar-refractivity contribution in [2.45, 2.75) is 44.6 Å². The molecule has 2 heterocycles. The molecule has 0 bridgehead atoms. The van der Waals surface area contributed by atoms with Gasteiger partial charge in [0.1, 0.15) is 22.6 Å². The van der Waals surface area contributed by atoms with Crippen LogP contribution in [0.5, 0.6) is 11.5 Å². The second kappa shape index (κ2) is 11.4. The van der Waals surface area contributed by atoms with Gasteiger partial charge in [-0.25, -0.2) is 4.98 Å². The topological polar surface area (TPSA) is 84.2 Å². The highest BCUT2D eigenvalue weighted by molar-refractivity contribution is 8.00. The van der Waals surface area contributed by atoms with Crippen molar-refractivity contribution in [2.24, 2.45) is 0 Å². The zero-order chi connectivity index (χ0) is 23.9. The Balaban J connectivity index is 1.57. The second-order valence-corrected chi connectivity index (χ2v) is 9.66. The van der Waals surface area contributed by atoms with Crippen LogP contribution < -0.4 is 14.8 Å². The summed E-state index contributed by atoms with van der Waals surface area (Å²) in [5.41, 5.74) is 4.37. The van der Waals surface area contributed by atoms with Crippen LogP contribution in [0, 0.1) is 11.3 Å². The number of ether oxygens (including phenoxy) is 2. The third-order valence-electron chi connectivity index (χ3n) is 5.50. The summed E-state index contributed by atoms with van der Waals surface area (Å²) in [6, 6.07) is 11.8. The fraction of sp³-hybridized carbons (Fsp3) is 0.346. The molecule has 0 radical (unpaired) electrons. The van der Waals surface area contributed by atoms with Gasteiger partial charge in [-0.05, 0) is 68.7 Å². The standard InChI is InChI=1S/C26H27N3O3S2/c1-3-31-17-11-12-22(32-4-2)21(14-17)28-24(30)16-34-26-19(15-27)25(23-10-7-13-33-23)18-8-5-6-9-20(18)29-26/h7,10-14H,3-6,8-9,16H2,1-2H3,(H,28,30). The normalized spacial score (nSPS) is 12.5. The van der Waals surface area contributed by atoms with Crippen molar-refractivity contribution in [3.63, 3.8) is 0 Å². The van der Waals surface area contributed by atoms with Crippen LogP contribution in [-0.2, 0) is 17.6 Å². The average molecular weight is 494 g/mol. The summed E-state index contributed by atoms with van der Waals surface area (Å²) in [6.07, 6.45) is 4.04. The van der Waals surface area contributed by atoms with Crippen LogP contribution in [0.1, 0.15) is 43.5 Å². The Morgan fingerprint density at radius 2 is 2.03 bits per heavy atom. The number of rotatable bonds is 9. The van der Waals surface area contributed by atoms with Crippen LogP contribution in [0.3, 0.4) is 0 Å². The molecule has 1 amide bonds. The first-order valence-corrected chi connectivity index (χ1v) is 13.3. The van der Waals surface area contributed by atoms with E-state index >= 15 is 0 Å². The predicted octanol–water partition coefficient (Wildman–Crippen LogP) is 6.09. The van der Waals surface area contributed by atoms with Crippen molar-refractivity contribution in [1.82, 2.24) is 4.98 Å². The number of amides is 1. The molecule has 0 fully saturated rings. The minimum absolute atomic E-state index is 0.134. The van der Waals surface area contributed by atoms with Gasteiger partial charge in [0.15, 0.2) is 0 Å². The van der Waals surface area contributed by atoms with Gasteiger partial charge in [0.05, 0.1) is 30.2 Å². The van der Waals surface area contributed by atoms with Crippen molar-refractivity contribution >= 4 is 34.7 Å². The van der Waals surface area contributed by atoms with Gasteiger partial charge in [-0.1, -0.05) is 17.8 Å². The number of carbonyl (C=O) groups is 1. The summed E-state index contributed by atoms with van der Waals surface area (Å²) in [5.74, 6) is 1.20. The van der Waals surface area contributed by atoms with E-state index < -0.39 is 0 Å². The van der Waals surface area contributed by atoms with Crippen LogP contribution >= 0.6 is 23.1 Å². The summed E-state index contributed by atoms with van der Waals surface area (Å²) < 4.78 is 11.2. The number of hydrogen-bond donors (Lipinski definition) is 1. The van der Waals surface area contributed by atoms with E-state index in [0.717, 1.165) is 41.8 Å². The van der Waals surface area contributed by atoms with Gasteiger partial charge in [0, 0.05) is 22.2 Å². The average Bonchev–Trinajstić information content (AvgIpc) is 3.38. The van der Waals surface area contributed by atoms with Crippen LogP contribution in [0.4, 0.5) is 5.69 Å². The van der Waals surface area contributed by atoms with Crippen molar-refractivity contribution in [2.75, 3.05) is 24.3 Å². The summed E-state index contributed by atoms with van der Waals surface area (Å²) in [4.78, 5) is 18.8. The van der Waals surface area contributed by atoms with Crippen LogP contribution in [-0.4, -0.2) is 29.9 Å². The monoisotopic (exact) mass is 493 g/mol. The molecular weight excluding hydrogens is 466 g/mol. The van der Waals surface area contributed by atoms with E-state index in [2.05, 4.69) is 17.5 Å². The number of nitrogens with zero attached hydrogens (tertiary/aromatic N) is 2. The molecule has 6 nitrogen and oxygen atoms in total. The molecule has 1 aliphatic carbocycles. The lowest BCUT2D eigenvalue weighted by atomic mass is 9.89. The highest BCUT2D eigenvalue weighted by Crippen LogP contribution is 2.39. The Bertz CT molecular complexity index is 1200. The summed E-state index contributed by atoms with van der Waals surface area (Å²) >= 11 is 2.94. The molecule has 1 aromatic carbocycles. The maximum atomic E-state index is 12.9. The van der Waals surface area contributed by atoms with E-state index in [4.69, 9.17) is 14.5 Å². The molecule has 34 heavy (non-hydrogen) atoms. The first kappa shape index (κ1) is 24.1.